The van der Waals surface area contributed by atoms with Gasteiger partial charge in [0, 0.05) is 5.75 Å². The Bertz CT molecular complexity index is 873. The zero-order valence-electron chi connectivity index (χ0n) is 13.6. The Labute approximate surface area is 149 Å². The fourth-order valence-electron chi connectivity index (χ4n) is 2.01. The maximum absolute atomic E-state index is 13.5. The molecular weight excluding hydrogens is 371 g/mol. The topological polar surface area (TPSA) is 72.5 Å². The molecule has 0 bridgehead atoms. The molecule has 5 nitrogen and oxygen atoms in total. The molecule has 138 valence electrons. The highest BCUT2D eigenvalue weighted by atomic mass is 32.2. The molecule has 0 aliphatic heterocycles. The molecule has 0 unspecified atom stereocenters. The maximum atomic E-state index is 13.5. The fourth-order valence-corrected chi connectivity index (χ4v) is 2.94. The molecule has 1 N–H and O–H groups in total. The van der Waals surface area contributed by atoms with Crippen molar-refractivity contribution < 1.29 is 31.7 Å². The van der Waals surface area contributed by atoms with Crippen molar-refractivity contribution in [2.24, 2.45) is 0 Å². The van der Waals surface area contributed by atoms with Gasteiger partial charge in [-0.05, 0) is 24.3 Å². The molecule has 1 amide bonds. The lowest BCUT2D eigenvalue weighted by molar-refractivity contribution is -0.119. The van der Waals surface area contributed by atoms with E-state index in [-0.39, 0.29) is 10.5 Å². The molecule has 0 aliphatic rings. The number of amides is 1. The van der Waals surface area contributed by atoms with Crippen LogP contribution in [0.2, 0.25) is 0 Å². The van der Waals surface area contributed by atoms with Crippen molar-refractivity contribution in [2.45, 2.75) is 11.8 Å². The summed E-state index contributed by atoms with van der Waals surface area (Å²) >= 11 is 0. The summed E-state index contributed by atoms with van der Waals surface area (Å²) < 4.78 is 56.2. The first kappa shape index (κ1) is 19.6. The molecule has 0 saturated heterocycles. The minimum atomic E-state index is -1.73. The highest BCUT2D eigenvalue weighted by molar-refractivity contribution is 7.85. The number of anilines is 1. The lowest BCUT2D eigenvalue weighted by atomic mass is 10.2. The molecule has 0 heterocycles. The van der Waals surface area contributed by atoms with Crippen LogP contribution in [0.5, 0.6) is 0 Å². The summed E-state index contributed by atoms with van der Waals surface area (Å²) in [4.78, 5) is 24.1. The highest BCUT2D eigenvalue weighted by Crippen LogP contribution is 2.19. The highest BCUT2D eigenvalue weighted by Gasteiger charge is 2.19. The number of halogens is 3. The Morgan fingerprint density at radius 1 is 1.08 bits per heavy atom. The second kappa shape index (κ2) is 8.61. The predicted molar refractivity (Wildman–Crippen MR) is 88.6 cm³/mol. The normalized spacial score (nSPS) is 11.7. The third-order valence-corrected chi connectivity index (χ3v) is 4.63. The van der Waals surface area contributed by atoms with E-state index in [4.69, 9.17) is 4.74 Å². The average molecular weight is 385 g/mol. The molecule has 0 aliphatic carbocycles. The zero-order valence-corrected chi connectivity index (χ0v) is 14.4. The second-order valence-corrected chi connectivity index (χ2v) is 6.69. The Morgan fingerprint density at radius 2 is 1.77 bits per heavy atom. The second-order valence-electron chi connectivity index (χ2n) is 4.98. The molecule has 0 radical (unpaired) electrons. The van der Waals surface area contributed by atoms with E-state index in [0.29, 0.717) is 11.8 Å². The van der Waals surface area contributed by atoms with Gasteiger partial charge < -0.3 is 10.1 Å². The van der Waals surface area contributed by atoms with Gasteiger partial charge in [-0.2, -0.15) is 0 Å². The van der Waals surface area contributed by atoms with Crippen molar-refractivity contribution in [3.63, 3.8) is 0 Å². The van der Waals surface area contributed by atoms with E-state index in [1.54, 1.807) is 19.1 Å². The summed E-state index contributed by atoms with van der Waals surface area (Å²) in [6.07, 6.45) is 0. The van der Waals surface area contributed by atoms with Gasteiger partial charge in [-0.3, -0.25) is 9.00 Å². The van der Waals surface area contributed by atoms with Crippen LogP contribution in [0.25, 0.3) is 0 Å². The molecule has 1 atom stereocenters. The van der Waals surface area contributed by atoms with Crippen LogP contribution in [0, 0.1) is 17.5 Å². The Balaban J connectivity index is 2.03. The summed E-state index contributed by atoms with van der Waals surface area (Å²) in [5, 5.41) is 1.98. The van der Waals surface area contributed by atoms with Gasteiger partial charge in [0.1, 0.15) is 0 Å². The number of benzene rings is 2. The van der Waals surface area contributed by atoms with Crippen molar-refractivity contribution in [1.29, 1.82) is 0 Å². The SMILES string of the molecule is CC[S@@](=O)c1ccccc1C(=O)OCC(=O)Nc1ccc(F)c(F)c1F. The third-order valence-electron chi connectivity index (χ3n) is 3.26. The standard InChI is InChI=1S/C17H14F3NO4S/c1-2-26(24)13-6-4-3-5-10(13)17(23)25-9-14(22)21-12-8-7-11(18)15(19)16(12)20/h3-8H,2,9H2,1H3,(H,21,22)/t26-/m1/s1. The van der Waals surface area contributed by atoms with Crippen molar-refractivity contribution in [3.05, 3.63) is 59.4 Å². The molecule has 0 aromatic heterocycles. The number of ether oxygens (including phenoxy) is 1. The lowest BCUT2D eigenvalue weighted by Gasteiger charge is -2.10. The van der Waals surface area contributed by atoms with E-state index >= 15 is 0 Å². The summed E-state index contributed by atoms with van der Waals surface area (Å²) in [7, 11) is -1.40. The van der Waals surface area contributed by atoms with Gasteiger partial charge in [-0.1, -0.05) is 19.1 Å². The van der Waals surface area contributed by atoms with Crippen LogP contribution in [0.4, 0.5) is 18.9 Å². The van der Waals surface area contributed by atoms with Crippen LogP contribution in [-0.2, 0) is 20.3 Å². The van der Waals surface area contributed by atoms with Gasteiger partial charge in [-0.15, -0.1) is 0 Å². The van der Waals surface area contributed by atoms with Gasteiger partial charge in [0.2, 0.25) is 0 Å². The molecule has 0 spiro atoms. The quantitative estimate of drug-likeness (QED) is 0.613. The Kier molecular flexibility index (Phi) is 6.51. The van der Waals surface area contributed by atoms with Crippen molar-refractivity contribution in [2.75, 3.05) is 17.7 Å². The van der Waals surface area contributed by atoms with Crippen LogP contribution in [0.3, 0.4) is 0 Å². The van der Waals surface area contributed by atoms with Crippen LogP contribution in [0.15, 0.2) is 41.3 Å². The van der Waals surface area contributed by atoms with Gasteiger partial charge in [0.25, 0.3) is 5.91 Å². The fraction of sp³-hybridized carbons (Fsp3) is 0.176. The number of rotatable bonds is 6. The van der Waals surface area contributed by atoms with Gasteiger partial charge in [-0.25, -0.2) is 18.0 Å². The van der Waals surface area contributed by atoms with E-state index in [2.05, 4.69) is 0 Å². The van der Waals surface area contributed by atoms with E-state index in [1.807, 2.05) is 5.32 Å². The number of nitrogens with one attached hydrogen (secondary N) is 1. The molecular formula is C17H14F3NO4S. The number of hydrogen-bond acceptors (Lipinski definition) is 4. The van der Waals surface area contributed by atoms with Gasteiger partial charge in [0.05, 0.1) is 26.9 Å². The number of hydrogen-bond donors (Lipinski definition) is 1. The number of esters is 1. The zero-order chi connectivity index (χ0) is 19.3. The van der Waals surface area contributed by atoms with E-state index in [1.165, 1.54) is 12.1 Å². The number of carbonyl (C=O) groups is 2. The van der Waals surface area contributed by atoms with Gasteiger partial charge >= 0.3 is 5.97 Å². The minimum absolute atomic E-state index is 0.0412. The summed E-state index contributed by atoms with van der Waals surface area (Å²) in [6.45, 7) is 0.895. The molecule has 26 heavy (non-hydrogen) atoms. The Hall–Kier alpha value is -2.68. The van der Waals surface area contributed by atoms with E-state index in [9.17, 15) is 27.0 Å². The number of carbonyl (C=O) groups excluding carboxylic acids is 2. The molecule has 2 aromatic rings. The summed E-state index contributed by atoms with van der Waals surface area (Å²) in [6, 6.07) is 7.55. The van der Waals surface area contributed by atoms with E-state index < -0.39 is 52.4 Å². The molecule has 2 rings (SSSR count). The monoisotopic (exact) mass is 385 g/mol. The summed E-state index contributed by atoms with van der Waals surface area (Å²) in [5.74, 6) is -6.22. The average Bonchev–Trinajstić information content (AvgIpc) is 2.66. The minimum Gasteiger partial charge on any atom is -0.452 e. The van der Waals surface area contributed by atoms with Crippen LogP contribution < -0.4 is 5.32 Å². The summed E-state index contributed by atoms with van der Waals surface area (Å²) in [5.41, 5.74) is -0.545. The van der Waals surface area contributed by atoms with Crippen molar-refractivity contribution >= 4 is 28.4 Å². The third kappa shape index (κ3) is 4.48. The van der Waals surface area contributed by atoms with Crippen molar-refractivity contribution in [3.8, 4) is 0 Å². The van der Waals surface area contributed by atoms with Gasteiger partial charge in [0.15, 0.2) is 24.1 Å². The predicted octanol–water partition coefficient (Wildman–Crippen LogP) is 3.03. The van der Waals surface area contributed by atoms with Crippen LogP contribution in [0.1, 0.15) is 17.3 Å². The molecule has 2 aromatic carbocycles. The smallest absolute Gasteiger partial charge is 0.339 e. The van der Waals surface area contributed by atoms with Crippen LogP contribution in [-0.4, -0.2) is 28.4 Å². The molecule has 9 heteroatoms. The van der Waals surface area contributed by atoms with E-state index in [0.717, 1.165) is 6.07 Å². The first-order valence-electron chi connectivity index (χ1n) is 7.43. The van der Waals surface area contributed by atoms with Crippen molar-refractivity contribution in [1.82, 2.24) is 0 Å². The molecule has 0 fully saturated rings. The largest absolute Gasteiger partial charge is 0.452 e. The maximum Gasteiger partial charge on any atom is 0.339 e. The lowest BCUT2D eigenvalue weighted by Crippen LogP contribution is -2.22. The first-order chi connectivity index (χ1) is 12.3. The van der Waals surface area contributed by atoms with Crippen LogP contribution >= 0.6 is 0 Å². The first-order valence-corrected chi connectivity index (χ1v) is 8.75. The Morgan fingerprint density at radius 3 is 2.46 bits per heavy atom. The molecule has 0 saturated carbocycles.